The highest BCUT2D eigenvalue weighted by atomic mass is 79.9. The van der Waals surface area contributed by atoms with E-state index in [1.54, 1.807) is 0 Å². The van der Waals surface area contributed by atoms with Gasteiger partial charge in [-0.3, -0.25) is 14.7 Å². The summed E-state index contributed by atoms with van der Waals surface area (Å²) in [6.07, 6.45) is 0. The van der Waals surface area contributed by atoms with Crippen LogP contribution >= 0.6 is 27.7 Å². The normalized spacial score (nSPS) is 11.9. The topological polar surface area (TPSA) is 83.1 Å². The molecule has 0 aliphatic rings. The molecule has 3 aromatic carbocycles. The number of thioether (sulfide) groups is 1. The van der Waals surface area contributed by atoms with E-state index in [-0.39, 0.29) is 11.5 Å². The summed E-state index contributed by atoms with van der Waals surface area (Å²) in [5, 5.41) is 20.2. The van der Waals surface area contributed by atoms with Crippen LogP contribution in [0.1, 0.15) is 33.3 Å². The number of hydrogen-bond acceptors (Lipinski definition) is 6. The molecule has 0 N–H and O–H groups in total. The SMILES string of the molecule is Cc1ccc(COc2ccc([C@H](C[N+](=O)[O-])Sc3nnc(C)n3-c3cccc(C)c3)cc2Br)cc1. The van der Waals surface area contributed by atoms with Gasteiger partial charge in [-0.1, -0.05) is 59.8 Å². The quantitative estimate of drug-likeness (QED) is 0.131. The van der Waals surface area contributed by atoms with Crippen LogP contribution in [0.3, 0.4) is 0 Å². The Balaban J connectivity index is 1.57. The maximum absolute atomic E-state index is 11.5. The van der Waals surface area contributed by atoms with Crippen LogP contribution in [0.5, 0.6) is 5.75 Å². The molecular weight excluding hydrogens is 528 g/mol. The van der Waals surface area contributed by atoms with Crippen molar-refractivity contribution in [2.24, 2.45) is 0 Å². The highest BCUT2D eigenvalue weighted by molar-refractivity contribution is 9.10. The molecule has 4 aromatic rings. The second-order valence-electron chi connectivity index (χ2n) is 8.29. The van der Waals surface area contributed by atoms with Gasteiger partial charge < -0.3 is 4.74 Å². The van der Waals surface area contributed by atoms with E-state index < -0.39 is 5.25 Å². The number of nitro groups is 1. The van der Waals surface area contributed by atoms with Gasteiger partial charge in [0, 0.05) is 10.6 Å². The fourth-order valence-electron chi connectivity index (χ4n) is 3.64. The van der Waals surface area contributed by atoms with Crippen molar-refractivity contribution < 1.29 is 9.66 Å². The van der Waals surface area contributed by atoms with Gasteiger partial charge in [-0.05, 0) is 77.7 Å². The van der Waals surface area contributed by atoms with Crippen LogP contribution in [0.4, 0.5) is 0 Å². The average Bonchev–Trinajstić information content (AvgIpc) is 3.18. The third kappa shape index (κ3) is 6.29. The van der Waals surface area contributed by atoms with E-state index in [0.29, 0.717) is 17.5 Å². The minimum Gasteiger partial charge on any atom is -0.488 e. The fraction of sp³-hybridized carbons (Fsp3) is 0.231. The second kappa shape index (κ2) is 11.0. The minimum absolute atomic E-state index is 0.250. The highest BCUT2D eigenvalue weighted by Gasteiger charge is 2.24. The lowest BCUT2D eigenvalue weighted by Crippen LogP contribution is -2.11. The first kappa shape index (κ1) is 24.9. The van der Waals surface area contributed by atoms with Crippen molar-refractivity contribution in [2.45, 2.75) is 37.8 Å². The van der Waals surface area contributed by atoms with Crippen LogP contribution in [0.15, 0.2) is 76.4 Å². The summed E-state index contributed by atoms with van der Waals surface area (Å²) < 4.78 is 8.65. The van der Waals surface area contributed by atoms with Crippen LogP contribution < -0.4 is 4.74 Å². The Kier molecular flexibility index (Phi) is 7.87. The van der Waals surface area contributed by atoms with E-state index in [0.717, 1.165) is 32.7 Å². The lowest BCUT2D eigenvalue weighted by molar-refractivity contribution is -0.479. The van der Waals surface area contributed by atoms with Crippen molar-refractivity contribution in [3.63, 3.8) is 0 Å². The van der Waals surface area contributed by atoms with Crippen LogP contribution in [0.2, 0.25) is 0 Å². The number of rotatable bonds is 9. The van der Waals surface area contributed by atoms with Gasteiger partial charge in [-0.2, -0.15) is 0 Å². The van der Waals surface area contributed by atoms with Crippen molar-refractivity contribution in [3.05, 3.63) is 109 Å². The molecule has 180 valence electrons. The lowest BCUT2D eigenvalue weighted by atomic mass is 10.1. The molecule has 4 rings (SSSR count). The molecule has 0 unspecified atom stereocenters. The van der Waals surface area contributed by atoms with E-state index in [9.17, 15) is 10.1 Å². The summed E-state index contributed by atoms with van der Waals surface area (Å²) in [7, 11) is 0. The smallest absolute Gasteiger partial charge is 0.220 e. The van der Waals surface area contributed by atoms with Crippen LogP contribution in [-0.2, 0) is 6.61 Å². The molecule has 9 heteroatoms. The number of hydrogen-bond donors (Lipinski definition) is 0. The van der Waals surface area contributed by atoms with E-state index in [1.807, 2.05) is 92.1 Å². The van der Waals surface area contributed by atoms with Gasteiger partial charge in [0.05, 0.1) is 4.47 Å². The number of benzene rings is 3. The first-order valence-corrected chi connectivity index (χ1v) is 12.7. The van der Waals surface area contributed by atoms with Crippen molar-refractivity contribution in [1.82, 2.24) is 14.8 Å². The van der Waals surface area contributed by atoms with Crippen molar-refractivity contribution in [2.75, 3.05) is 6.54 Å². The molecule has 0 aliphatic carbocycles. The zero-order valence-electron chi connectivity index (χ0n) is 19.6. The number of aryl methyl sites for hydroxylation is 3. The monoisotopic (exact) mass is 552 g/mol. The molecule has 0 spiro atoms. The van der Waals surface area contributed by atoms with Crippen molar-refractivity contribution in [1.29, 1.82) is 0 Å². The Labute approximate surface area is 216 Å². The molecule has 0 saturated heterocycles. The molecule has 7 nitrogen and oxygen atoms in total. The fourth-order valence-corrected chi connectivity index (χ4v) is 5.31. The molecular formula is C26H25BrN4O3S. The molecule has 0 fully saturated rings. The van der Waals surface area contributed by atoms with Gasteiger partial charge in [-0.25, -0.2) is 0 Å². The van der Waals surface area contributed by atoms with Crippen LogP contribution in [-0.4, -0.2) is 26.2 Å². The maximum atomic E-state index is 11.5. The van der Waals surface area contributed by atoms with Gasteiger partial charge in [-0.15, -0.1) is 10.2 Å². The molecule has 0 aliphatic heterocycles. The Hall–Kier alpha value is -3.17. The minimum atomic E-state index is -0.459. The van der Waals surface area contributed by atoms with Crippen molar-refractivity contribution >= 4 is 27.7 Å². The zero-order chi connectivity index (χ0) is 24.9. The second-order valence-corrected chi connectivity index (χ2v) is 10.3. The summed E-state index contributed by atoms with van der Waals surface area (Å²) in [5.41, 5.74) is 5.10. The Bertz CT molecular complexity index is 1340. The highest BCUT2D eigenvalue weighted by Crippen LogP contribution is 2.39. The van der Waals surface area contributed by atoms with Gasteiger partial charge in [0.2, 0.25) is 6.54 Å². The Morgan fingerprint density at radius 3 is 2.49 bits per heavy atom. The molecule has 1 aromatic heterocycles. The van der Waals surface area contributed by atoms with E-state index in [1.165, 1.54) is 17.3 Å². The lowest BCUT2D eigenvalue weighted by Gasteiger charge is -2.16. The molecule has 0 amide bonds. The molecule has 35 heavy (non-hydrogen) atoms. The van der Waals surface area contributed by atoms with E-state index >= 15 is 0 Å². The number of halogens is 1. The predicted octanol–water partition coefficient (Wildman–Crippen LogP) is 6.64. The summed E-state index contributed by atoms with van der Waals surface area (Å²) in [6, 6.07) is 21.8. The summed E-state index contributed by atoms with van der Waals surface area (Å²) in [4.78, 5) is 11.2. The summed E-state index contributed by atoms with van der Waals surface area (Å²) >= 11 is 4.91. The van der Waals surface area contributed by atoms with Crippen LogP contribution in [0, 0.1) is 30.9 Å². The summed E-state index contributed by atoms with van der Waals surface area (Å²) in [6.45, 7) is 6.12. The van der Waals surface area contributed by atoms with Gasteiger partial charge >= 0.3 is 0 Å². The van der Waals surface area contributed by atoms with Crippen molar-refractivity contribution in [3.8, 4) is 11.4 Å². The van der Waals surface area contributed by atoms with Gasteiger partial charge in [0.25, 0.3) is 0 Å². The van der Waals surface area contributed by atoms with Gasteiger partial charge in [0.15, 0.2) is 5.16 Å². The molecule has 0 radical (unpaired) electrons. The summed E-state index contributed by atoms with van der Waals surface area (Å²) in [5.74, 6) is 1.40. The van der Waals surface area contributed by atoms with E-state index in [4.69, 9.17) is 4.74 Å². The Morgan fingerprint density at radius 2 is 1.80 bits per heavy atom. The third-order valence-corrected chi connectivity index (χ3v) is 7.26. The maximum Gasteiger partial charge on any atom is 0.220 e. The molecule has 0 saturated carbocycles. The first-order valence-electron chi connectivity index (χ1n) is 11.1. The number of ether oxygens (including phenoxy) is 1. The van der Waals surface area contributed by atoms with E-state index in [2.05, 4.69) is 26.1 Å². The molecule has 0 bridgehead atoms. The predicted molar refractivity (Wildman–Crippen MR) is 141 cm³/mol. The standard InChI is InChI=1S/C26H25BrN4O3S/c1-17-7-9-20(10-8-17)16-34-24-12-11-21(14-23(24)27)25(15-30(32)33)35-26-29-28-19(3)31(26)22-6-4-5-18(2)13-22/h4-14,25H,15-16H2,1-3H3/t25-/m0/s1. The average molecular weight is 553 g/mol. The number of nitrogens with zero attached hydrogens (tertiary/aromatic N) is 4. The molecule has 1 heterocycles. The third-order valence-electron chi connectivity index (χ3n) is 5.46. The van der Waals surface area contributed by atoms with Crippen LogP contribution in [0.25, 0.3) is 5.69 Å². The van der Waals surface area contributed by atoms with Gasteiger partial charge in [0.1, 0.15) is 23.4 Å². The largest absolute Gasteiger partial charge is 0.488 e. The molecule has 1 atom stereocenters. The number of aromatic nitrogens is 3. The first-order chi connectivity index (χ1) is 16.8. The zero-order valence-corrected chi connectivity index (χ0v) is 22.0. The Morgan fingerprint density at radius 1 is 1.03 bits per heavy atom.